The van der Waals surface area contributed by atoms with E-state index in [1.807, 2.05) is 38.1 Å². The van der Waals surface area contributed by atoms with Crippen LogP contribution < -0.4 is 15.4 Å². The van der Waals surface area contributed by atoms with Crippen molar-refractivity contribution in [3.05, 3.63) is 59.4 Å². The zero-order chi connectivity index (χ0) is 16.5. The first kappa shape index (κ1) is 16.8. The second-order valence-electron chi connectivity index (χ2n) is 5.19. The Balaban J connectivity index is 2.03. The molecule has 23 heavy (non-hydrogen) atoms. The number of hydrogen-bond donors (Lipinski definition) is 2. The minimum atomic E-state index is 0.557. The smallest absolute Gasteiger partial charge is 0.191 e. The van der Waals surface area contributed by atoms with Gasteiger partial charge in [-0.3, -0.25) is 4.98 Å². The maximum Gasteiger partial charge on any atom is 0.191 e. The van der Waals surface area contributed by atoms with E-state index in [1.54, 1.807) is 13.3 Å². The Labute approximate surface area is 137 Å². The van der Waals surface area contributed by atoms with Gasteiger partial charge in [-0.1, -0.05) is 18.2 Å². The summed E-state index contributed by atoms with van der Waals surface area (Å²) in [4.78, 5) is 8.92. The van der Waals surface area contributed by atoms with Crippen molar-refractivity contribution in [1.29, 1.82) is 0 Å². The maximum absolute atomic E-state index is 5.43. The molecule has 122 valence electrons. The van der Waals surface area contributed by atoms with E-state index >= 15 is 0 Å². The number of nitrogens with one attached hydrogen (secondary N) is 2. The third-order valence-corrected chi connectivity index (χ3v) is 3.36. The molecular weight excluding hydrogens is 288 g/mol. The molecule has 1 aromatic heterocycles. The number of aryl methyl sites for hydroxylation is 1. The molecule has 0 saturated heterocycles. The lowest BCUT2D eigenvalue weighted by atomic mass is 10.1. The molecule has 1 aromatic carbocycles. The minimum absolute atomic E-state index is 0.557. The van der Waals surface area contributed by atoms with Gasteiger partial charge in [0.15, 0.2) is 5.96 Å². The summed E-state index contributed by atoms with van der Waals surface area (Å²) in [6, 6.07) is 12.0. The zero-order valence-electron chi connectivity index (χ0n) is 14.0. The van der Waals surface area contributed by atoms with Crippen LogP contribution in [0.5, 0.6) is 5.75 Å². The average molecular weight is 312 g/mol. The van der Waals surface area contributed by atoms with Crippen molar-refractivity contribution in [2.45, 2.75) is 26.9 Å². The molecule has 0 bridgehead atoms. The summed E-state index contributed by atoms with van der Waals surface area (Å²) in [6.45, 7) is 6.09. The fraction of sp³-hybridized carbons (Fsp3) is 0.333. The number of rotatable bonds is 6. The van der Waals surface area contributed by atoms with E-state index in [9.17, 15) is 0 Å². The summed E-state index contributed by atoms with van der Waals surface area (Å²) in [5, 5.41) is 6.53. The molecular formula is C18H24N4O. The van der Waals surface area contributed by atoms with Gasteiger partial charge in [0.1, 0.15) is 5.75 Å². The molecule has 0 atom stereocenters. The quantitative estimate of drug-likeness (QED) is 0.636. The molecule has 2 aromatic rings. The van der Waals surface area contributed by atoms with Crippen molar-refractivity contribution in [2.24, 2.45) is 4.99 Å². The highest BCUT2D eigenvalue weighted by atomic mass is 16.5. The minimum Gasteiger partial charge on any atom is -0.496 e. The van der Waals surface area contributed by atoms with Crippen molar-refractivity contribution in [3.63, 3.8) is 0 Å². The van der Waals surface area contributed by atoms with Gasteiger partial charge >= 0.3 is 0 Å². The Morgan fingerprint density at radius 1 is 1.22 bits per heavy atom. The second-order valence-corrected chi connectivity index (χ2v) is 5.19. The van der Waals surface area contributed by atoms with Crippen LogP contribution in [0.4, 0.5) is 0 Å². The molecule has 0 spiro atoms. The van der Waals surface area contributed by atoms with E-state index in [-0.39, 0.29) is 0 Å². The summed E-state index contributed by atoms with van der Waals surface area (Å²) in [5.41, 5.74) is 3.22. The number of nitrogens with zero attached hydrogens (tertiary/aromatic N) is 2. The van der Waals surface area contributed by atoms with Crippen LogP contribution in [-0.2, 0) is 13.1 Å². The number of pyridine rings is 1. The molecule has 0 unspecified atom stereocenters. The van der Waals surface area contributed by atoms with Crippen LogP contribution in [-0.4, -0.2) is 24.6 Å². The molecule has 0 aliphatic heterocycles. The Morgan fingerprint density at radius 3 is 2.78 bits per heavy atom. The molecule has 2 N–H and O–H groups in total. The zero-order valence-corrected chi connectivity index (χ0v) is 14.0. The molecule has 0 saturated carbocycles. The van der Waals surface area contributed by atoms with E-state index in [2.05, 4.69) is 32.7 Å². The molecule has 0 fully saturated rings. The van der Waals surface area contributed by atoms with Gasteiger partial charge in [-0.05, 0) is 37.6 Å². The van der Waals surface area contributed by atoms with Crippen LogP contribution in [0.1, 0.15) is 23.7 Å². The van der Waals surface area contributed by atoms with Gasteiger partial charge in [0.25, 0.3) is 0 Å². The number of methoxy groups -OCH3 is 1. The number of guanidine groups is 1. The molecule has 5 heteroatoms. The summed E-state index contributed by atoms with van der Waals surface area (Å²) < 4.78 is 5.43. The number of hydrogen-bond acceptors (Lipinski definition) is 3. The van der Waals surface area contributed by atoms with Crippen LogP contribution in [0.15, 0.2) is 47.6 Å². The van der Waals surface area contributed by atoms with Crippen molar-refractivity contribution in [1.82, 2.24) is 15.6 Å². The number of benzene rings is 1. The first-order chi connectivity index (χ1) is 11.2. The van der Waals surface area contributed by atoms with Crippen LogP contribution in [0.3, 0.4) is 0 Å². The molecule has 0 radical (unpaired) electrons. The van der Waals surface area contributed by atoms with E-state index in [0.717, 1.165) is 29.5 Å². The van der Waals surface area contributed by atoms with E-state index in [4.69, 9.17) is 4.74 Å². The van der Waals surface area contributed by atoms with Crippen molar-refractivity contribution in [3.8, 4) is 5.75 Å². The van der Waals surface area contributed by atoms with Gasteiger partial charge < -0.3 is 15.4 Å². The van der Waals surface area contributed by atoms with Gasteiger partial charge in [0.05, 0.1) is 25.9 Å². The molecule has 2 rings (SSSR count). The van der Waals surface area contributed by atoms with Crippen LogP contribution in [0.2, 0.25) is 0 Å². The normalized spacial score (nSPS) is 11.2. The van der Waals surface area contributed by atoms with Crippen LogP contribution in [0, 0.1) is 6.92 Å². The predicted octanol–water partition coefficient (Wildman–Crippen LogP) is 2.65. The van der Waals surface area contributed by atoms with Gasteiger partial charge in [-0.15, -0.1) is 0 Å². The number of aromatic nitrogens is 1. The Morgan fingerprint density at radius 2 is 2.09 bits per heavy atom. The first-order valence-corrected chi connectivity index (χ1v) is 7.78. The lowest BCUT2D eigenvalue weighted by Crippen LogP contribution is -2.37. The summed E-state index contributed by atoms with van der Waals surface area (Å²) in [6.07, 6.45) is 1.79. The Hall–Kier alpha value is -2.56. The average Bonchev–Trinajstić information content (AvgIpc) is 2.59. The second kappa shape index (κ2) is 8.78. The van der Waals surface area contributed by atoms with E-state index < -0.39 is 0 Å². The number of ether oxygens (including phenoxy) is 1. The number of aliphatic imine (C=N–C) groups is 1. The third kappa shape index (κ3) is 5.29. The summed E-state index contributed by atoms with van der Waals surface area (Å²) >= 11 is 0. The fourth-order valence-electron chi connectivity index (χ4n) is 2.17. The molecule has 0 amide bonds. The topological polar surface area (TPSA) is 58.5 Å². The summed E-state index contributed by atoms with van der Waals surface area (Å²) in [7, 11) is 1.69. The van der Waals surface area contributed by atoms with Gasteiger partial charge in [-0.2, -0.15) is 0 Å². The van der Waals surface area contributed by atoms with Crippen molar-refractivity contribution in [2.75, 3.05) is 13.7 Å². The Kier molecular flexibility index (Phi) is 6.41. The highest BCUT2D eigenvalue weighted by Crippen LogP contribution is 2.20. The van der Waals surface area contributed by atoms with Crippen molar-refractivity contribution >= 4 is 5.96 Å². The van der Waals surface area contributed by atoms with Crippen LogP contribution in [0.25, 0.3) is 0 Å². The largest absolute Gasteiger partial charge is 0.496 e. The van der Waals surface area contributed by atoms with Gasteiger partial charge in [-0.25, -0.2) is 4.99 Å². The fourth-order valence-corrected chi connectivity index (χ4v) is 2.17. The monoisotopic (exact) mass is 312 g/mol. The van der Waals surface area contributed by atoms with Crippen LogP contribution >= 0.6 is 0 Å². The predicted molar refractivity (Wildman–Crippen MR) is 93.6 cm³/mol. The first-order valence-electron chi connectivity index (χ1n) is 7.78. The third-order valence-electron chi connectivity index (χ3n) is 3.36. The highest BCUT2D eigenvalue weighted by Gasteiger charge is 2.04. The van der Waals surface area contributed by atoms with Gasteiger partial charge in [0.2, 0.25) is 0 Å². The van der Waals surface area contributed by atoms with Gasteiger partial charge in [0, 0.05) is 18.3 Å². The molecule has 1 heterocycles. The SMILES string of the molecule is CCNC(=NCc1ccc(C)cc1OC)NCc1ccccn1. The Bertz CT molecular complexity index is 641. The maximum atomic E-state index is 5.43. The molecule has 0 aliphatic rings. The summed E-state index contributed by atoms with van der Waals surface area (Å²) in [5.74, 6) is 1.63. The van der Waals surface area contributed by atoms with E-state index in [1.165, 1.54) is 5.56 Å². The standard InChI is InChI=1S/C18H24N4O/c1-4-19-18(22-13-16-7-5-6-10-20-16)21-12-15-9-8-14(2)11-17(15)23-3/h5-11H,4,12-13H2,1-3H3,(H2,19,21,22). The van der Waals surface area contributed by atoms with Crippen molar-refractivity contribution < 1.29 is 4.74 Å². The molecule has 5 nitrogen and oxygen atoms in total. The lowest BCUT2D eigenvalue weighted by Gasteiger charge is -2.12. The highest BCUT2D eigenvalue weighted by molar-refractivity contribution is 5.79. The van der Waals surface area contributed by atoms with E-state index in [0.29, 0.717) is 13.1 Å². The lowest BCUT2D eigenvalue weighted by molar-refractivity contribution is 0.409. The molecule has 0 aliphatic carbocycles.